The standard InChI is InChI=1S/C12H28O3P.Pd/c1-4-7-10-13-16(14-11-8-5-2)15-12-9-6-3;/h16H,4-12H2,1-3H3;/q+1;-1. The zero-order valence-electron chi connectivity index (χ0n) is 11.4. The molecule has 0 rings (SSSR count). The molecule has 0 aromatic heterocycles. The monoisotopic (exact) mass is 357 g/mol. The van der Waals surface area contributed by atoms with Crippen LogP contribution >= 0.6 is 6.13 Å². The zero-order valence-corrected chi connectivity index (χ0v) is 14.0. The molecule has 0 fully saturated rings. The molecular formula is C12H28O3PPd. The summed E-state index contributed by atoms with van der Waals surface area (Å²) in [6.07, 6.45) is 4.05. The van der Waals surface area contributed by atoms with E-state index in [1.165, 1.54) is 0 Å². The van der Waals surface area contributed by atoms with E-state index in [1.54, 1.807) is 0 Å². The molecule has 0 aliphatic heterocycles. The Kier molecular flexibility index (Phi) is 12.7. The number of hydrogen-bond acceptors (Lipinski definition) is 3. The molecule has 0 spiro atoms. The minimum absolute atomic E-state index is 0.724. The van der Waals surface area contributed by atoms with E-state index >= 15 is 0 Å². The summed E-state index contributed by atoms with van der Waals surface area (Å²) in [4.78, 5) is 0. The Morgan fingerprint density at radius 3 is 1.24 bits per heavy atom. The van der Waals surface area contributed by atoms with Gasteiger partial charge in [-0.15, -0.1) is 0 Å². The molecule has 17 heavy (non-hydrogen) atoms. The molecule has 0 saturated carbocycles. The van der Waals surface area contributed by atoms with Gasteiger partial charge in [-0.1, -0.05) is 0 Å². The molecule has 5 heteroatoms. The van der Waals surface area contributed by atoms with Gasteiger partial charge in [0.15, 0.2) is 0 Å². The van der Waals surface area contributed by atoms with E-state index in [4.69, 9.17) is 13.6 Å². The van der Waals surface area contributed by atoms with Gasteiger partial charge in [-0.2, -0.15) is 0 Å². The minimum atomic E-state index is -2.51. The third-order valence-corrected chi connectivity index (χ3v) is 5.90. The Morgan fingerprint density at radius 2 is 1.00 bits per heavy atom. The third kappa shape index (κ3) is 10.6. The van der Waals surface area contributed by atoms with E-state index < -0.39 is 6.13 Å². The third-order valence-electron chi connectivity index (χ3n) is 2.29. The maximum absolute atomic E-state index is 5.79. The van der Waals surface area contributed by atoms with Crippen molar-refractivity contribution in [1.29, 1.82) is 0 Å². The Morgan fingerprint density at radius 1 is 0.706 bits per heavy atom. The summed E-state index contributed by atoms with van der Waals surface area (Å²) in [7, 11) is 0. The molecule has 0 saturated heterocycles. The van der Waals surface area contributed by atoms with Crippen LogP contribution in [-0.2, 0) is 32.3 Å². The Hall–Kier alpha value is 0.972. The van der Waals surface area contributed by atoms with Crippen LogP contribution in [0.25, 0.3) is 0 Å². The fourth-order valence-corrected chi connectivity index (χ4v) is 3.93. The fourth-order valence-electron chi connectivity index (χ4n) is 1.12. The molecule has 0 radical (unpaired) electrons. The summed E-state index contributed by atoms with van der Waals surface area (Å²) >= 11 is 3.24. The van der Waals surface area contributed by atoms with E-state index in [-0.39, 0.29) is 0 Å². The van der Waals surface area contributed by atoms with Gasteiger partial charge in [0.25, 0.3) is 0 Å². The second-order valence-corrected chi connectivity index (χ2v) is 8.66. The molecule has 0 aromatic rings. The fraction of sp³-hybridized carbons (Fsp3) is 1.00. The van der Waals surface area contributed by atoms with Gasteiger partial charge in [-0.05, 0) is 0 Å². The van der Waals surface area contributed by atoms with Crippen molar-refractivity contribution in [1.82, 2.24) is 0 Å². The van der Waals surface area contributed by atoms with Crippen LogP contribution in [-0.4, -0.2) is 19.8 Å². The summed E-state index contributed by atoms with van der Waals surface area (Å²) in [5.74, 6) is 0. The normalized spacial score (nSPS) is 13.0. The first-order valence-corrected chi connectivity index (χ1v) is 10.6. The molecule has 0 heterocycles. The van der Waals surface area contributed by atoms with E-state index in [2.05, 4.69) is 39.5 Å². The van der Waals surface area contributed by atoms with Gasteiger partial charge in [0, 0.05) is 0 Å². The molecule has 0 unspecified atom stereocenters. The number of unbranched alkanes of at least 4 members (excludes halogenated alkanes) is 3. The SMILES string of the molecule is CCCCO[PH]([Pd])(OCCCC)OCCCC. The van der Waals surface area contributed by atoms with Gasteiger partial charge in [0.05, 0.1) is 0 Å². The van der Waals surface area contributed by atoms with Crippen molar-refractivity contribution in [2.24, 2.45) is 0 Å². The molecule has 3 nitrogen and oxygen atoms in total. The average molecular weight is 358 g/mol. The summed E-state index contributed by atoms with van der Waals surface area (Å²) in [6.45, 7) is 8.63. The van der Waals surface area contributed by atoms with Gasteiger partial charge in [0.1, 0.15) is 0 Å². The second-order valence-electron chi connectivity index (χ2n) is 4.05. The first kappa shape index (κ1) is 18.0. The van der Waals surface area contributed by atoms with Gasteiger partial charge in [0.2, 0.25) is 0 Å². The van der Waals surface area contributed by atoms with Gasteiger partial charge in [-0.25, -0.2) is 0 Å². The first-order chi connectivity index (χ1) is 8.18. The molecule has 0 bridgehead atoms. The molecule has 0 N–H and O–H groups in total. The van der Waals surface area contributed by atoms with Gasteiger partial charge in [-0.3, -0.25) is 0 Å². The summed E-state index contributed by atoms with van der Waals surface area (Å²) in [5.41, 5.74) is 0. The number of hydrogen-bond donors (Lipinski definition) is 0. The molecular weight excluding hydrogens is 330 g/mol. The Balaban J connectivity index is 3.95. The predicted molar refractivity (Wildman–Crippen MR) is 70.9 cm³/mol. The first-order valence-electron chi connectivity index (χ1n) is 6.76. The van der Waals surface area contributed by atoms with Crippen LogP contribution in [0.5, 0.6) is 0 Å². The maximum atomic E-state index is 5.79. The zero-order chi connectivity index (χ0) is 13.0. The van der Waals surface area contributed by atoms with Crippen LogP contribution in [0, 0.1) is 0 Å². The Bertz CT molecular complexity index is 143. The summed E-state index contributed by atoms with van der Waals surface area (Å²) < 4.78 is 17.4. The van der Waals surface area contributed by atoms with E-state index in [1.807, 2.05) is 0 Å². The van der Waals surface area contributed by atoms with E-state index in [0.29, 0.717) is 0 Å². The summed E-state index contributed by atoms with van der Waals surface area (Å²) in [6, 6.07) is 0. The van der Waals surface area contributed by atoms with Crippen LogP contribution in [0.4, 0.5) is 0 Å². The second kappa shape index (κ2) is 12.0. The quantitative estimate of drug-likeness (QED) is 0.294. The van der Waals surface area contributed by atoms with Gasteiger partial charge >= 0.3 is 118 Å². The van der Waals surface area contributed by atoms with E-state index in [9.17, 15) is 0 Å². The molecule has 0 aromatic carbocycles. The van der Waals surface area contributed by atoms with Crippen molar-refractivity contribution < 1.29 is 32.3 Å². The van der Waals surface area contributed by atoms with Gasteiger partial charge < -0.3 is 0 Å². The Labute approximate surface area is 117 Å². The van der Waals surface area contributed by atoms with Crippen LogP contribution in [0.1, 0.15) is 59.3 Å². The van der Waals surface area contributed by atoms with Crippen molar-refractivity contribution in [3.05, 3.63) is 0 Å². The van der Waals surface area contributed by atoms with Crippen LogP contribution in [0.15, 0.2) is 0 Å². The van der Waals surface area contributed by atoms with Crippen molar-refractivity contribution >= 4 is 6.13 Å². The summed E-state index contributed by atoms with van der Waals surface area (Å²) in [5, 5.41) is 0. The van der Waals surface area contributed by atoms with Crippen molar-refractivity contribution in [3.8, 4) is 0 Å². The van der Waals surface area contributed by atoms with Crippen molar-refractivity contribution in [2.45, 2.75) is 59.3 Å². The van der Waals surface area contributed by atoms with Crippen LogP contribution in [0.2, 0.25) is 0 Å². The molecule has 0 amide bonds. The molecule has 0 aliphatic rings. The number of rotatable bonds is 12. The molecule has 0 aliphatic carbocycles. The van der Waals surface area contributed by atoms with Crippen LogP contribution in [0.3, 0.4) is 0 Å². The topological polar surface area (TPSA) is 27.7 Å². The van der Waals surface area contributed by atoms with Crippen molar-refractivity contribution in [3.63, 3.8) is 0 Å². The predicted octanol–water partition coefficient (Wildman–Crippen LogP) is 4.39. The van der Waals surface area contributed by atoms with Crippen molar-refractivity contribution in [2.75, 3.05) is 19.8 Å². The van der Waals surface area contributed by atoms with Crippen LogP contribution < -0.4 is 0 Å². The average Bonchev–Trinajstić information content (AvgIpc) is 2.30. The molecule has 0 atom stereocenters. The van der Waals surface area contributed by atoms with E-state index in [0.717, 1.165) is 58.3 Å². The molecule has 109 valence electrons.